The van der Waals surface area contributed by atoms with E-state index >= 15 is 0 Å². The van der Waals surface area contributed by atoms with Gasteiger partial charge in [0.2, 0.25) is 0 Å². The van der Waals surface area contributed by atoms with Crippen molar-refractivity contribution in [2.24, 2.45) is 0 Å². The van der Waals surface area contributed by atoms with Crippen LogP contribution >= 0.6 is 0 Å². The smallest absolute Gasteiger partial charge is 0.398 e. The number of nitrogens with one attached hydrogen (secondary N) is 1. The molecule has 1 aliphatic carbocycles. The molecule has 1 fully saturated rings. The van der Waals surface area contributed by atoms with E-state index in [-0.39, 0.29) is 29.8 Å². The van der Waals surface area contributed by atoms with Crippen LogP contribution in [0, 0.1) is 11.3 Å². The van der Waals surface area contributed by atoms with Gasteiger partial charge in [-0.2, -0.15) is 18.4 Å². The summed E-state index contributed by atoms with van der Waals surface area (Å²) in [5.74, 6) is 0. The van der Waals surface area contributed by atoms with Crippen molar-refractivity contribution in [2.45, 2.75) is 24.6 Å². The van der Waals surface area contributed by atoms with Gasteiger partial charge in [-0.15, -0.1) is 0 Å². The van der Waals surface area contributed by atoms with E-state index in [0.717, 1.165) is 0 Å². The van der Waals surface area contributed by atoms with Gasteiger partial charge < -0.3 is 11.1 Å². The summed E-state index contributed by atoms with van der Waals surface area (Å²) < 4.78 is 38.0. The molecule has 90 valence electrons. The molecule has 2 rings (SSSR count). The van der Waals surface area contributed by atoms with Crippen molar-refractivity contribution in [1.29, 1.82) is 5.26 Å². The fourth-order valence-electron chi connectivity index (χ4n) is 1.62. The molecule has 0 saturated heterocycles. The second-order valence-electron chi connectivity index (χ2n) is 4.12. The lowest BCUT2D eigenvalue weighted by Gasteiger charge is -2.22. The molecule has 0 amide bonds. The SMILES string of the molecule is N#Cc1ccc(NC2(C(F)(F)F)CC2)cc1N. The second-order valence-corrected chi connectivity index (χ2v) is 4.12. The molecule has 1 aromatic rings. The van der Waals surface area contributed by atoms with Gasteiger partial charge >= 0.3 is 6.18 Å². The quantitative estimate of drug-likeness (QED) is 0.782. The zero-order valence-corrected chi connectivity index (χ0v) is 8.80. The van der Waals surface area contributed by atoms with E-state index < -0.39 is 11.7 Å². The average Bonchev–Trinajstić information content (AvgIpc) is 2.98. The van der Waals surface area contributed by atoms with Crippen LogP contribution in [0.25, 0.3) is 0 Å². The fourth-order valence-corrected chi connectivity index (χ4v) is 1.62. The monoisotopic (exact) mass is 241 g/mol. The van der Waals surface area contributed by atoms with Crippen molar-refractivity contribution in [2.75, 3.05) is 11.1 Å². The number of halogens is 3. The van der Waals surface area contributed by atoms with E-state index in [4.69, 9.17) is 11.0 Å². The molecule has 1 aliphatic rings. The Morgan fingerprint density at radius 3 is 2.41 bits per heavy atom. The predicted molar refractivity (Wildman–Crippen MR) is 57.2 cm³/mol. The van der Waals surface area contributed by atoms with Crippen molar-refractivity contribution in [3.8, 4) is 6.07 Å². The van der Waals surface area contributed by atoms with E-state index in [2.05, 4.69) is 5.32 Å². The lowest BCUT2D eigenvalue weighted by molar-refractivity contribution is -0.151. The number of rotatable bonds is 2. The molecule has 0 aromatic heterocycles. The van der Waals surface area contributed by atoms with E-state index in [9.17, 15) is 13.2 Å². The summed E-state index contributed by atoms with van der Waals surface area (Å²) in [6.07, 6.45) is -4.14. The van der Waals surface area contributed by atoms with Gasteiger partial charge in [0.1, 0.15) is 11.6 Å². The van der Waals surface area contributed by atoms with Crippen LogP contribution in [0.4, 0.5) is 24.5 Å². The van der Waals surface area contributed by atoms with Crippen LogP contribution in [-0.2, 0) is 0 Å². The highest BCUT2D eigenvalue weighted by molar-refractivity contribution is 5.63. The molecular formula is C11H10F3N3. The fraction of sp³-hybridized carbons (Fsp3) is 0.364. The summed E-state index contributed by atoms with van der Waals surface area (Å²) in [5, 5.41) is 11.1. The molecule has 0 bridgehead atoms. The maximum Gasteiger partial charge on any atom is 0.411 e. The predicted octanol–water partition coefficient (Wildman–Crippen LogP) is 2.65. The third-order valence-electron chi connectivity index (χ3n) is 2.85. The first-order chi connectivity index (χ1) is 7.88. The third kappa shape index (κ3) is 2.00. The van der Waals surface area contributed by atoms with Gasteiger partial charge in [-0.25, -0.2) is 0 Å². The molecule has 1 aromatic carbocycles. The molecule has 0 spiro atoms. The van der Waals surface area contributed by atoms with Crippen LogP contribution in [0.2, 0.25) is 0 Å². The number of anilines is 2. The lowest BCUT2D eigenvalue weighted by atomic mass is 10.1. The molecule has 0 unspecified atom stereocenters. The zero-order valence-electron chi connectivity index (χ0n) is 8.80. The minimum absolute atomic E-state index is 0.0659. The minimum atomic E-state index is -4.27. The summed E-state index contributed by atoms with van der Waals surface area (Å²) in [6, 6.07) is 6.05. The van der Waals surface area contributed by atoms with Crippen LogP contribution in [0.5, 0.6) is 0 Å². The van der Waals surface area contributed by atoms with Crippen molar-refractivity contribution in [3.05, 3.63) is 23.8 Å². The summed E-state index contributed by atoms with van der Waals surface area (Å²) in [5.41, 5.74) is 4.45. The van der Waals surface area contributed by atoms with Gasteiger partial charge in [-0.3, -0.25) is 0 Å². The Morgan fingerprint density at radius 1 is 1.35 bits per heavy atom. The molecule has 0 heterocycles. The Kier molecular flexibility index (Phi) is 2.42. The van der Waals surface area contributed by atoms with Crippen LogP contribution in [0.3, 0.4) is 0 Å². The van der Waals surface area contributed by atoms with E-state index in [1.165, 1.54) is 18.2 Å². The molecule has 3 N–H and O–H groups in total. The van der Waals surface area contributed by atoms with Gasteiger partial charge in [0.15, 0.2) is 0 Å². The van der Waals surface area contributed by atoms with E-state index in [1.807, 2.05) is 6.07 Å². The molecule has 0 aliphatic heterocycles. The van der Waals surface area contributed by atoms with Crippen molar-refractivity contribution in [1.82, 2.24) is 0 Å². The molecular weight excluding hydrogens is 231 g/mol. The molecule has 3 nitrogen and oxygen atoms in total. The third-order valence-corrected chi connectivity index (χ3v) is 2.85. The number of hydrogen-bond acceptors (Lipinski definition) is 3. The highest BCUT2D eigenvalue weighted by Crippen LogP contribution is 2.51. The molecule has 0 radical (unpaired) electrons. The number of nitriles is 1. The van der Waals surface area contributed by atoms with Crippen LogP contribution < -0.4 is 11.1 Å². The molecule has 17 heavy (non-hydrogen) atoms. The summed E-state index contributed by atoms with van der Waals surface area (Å²) >= 11 is 0. The first-order valence-electron chi connectivity index (χ1n) is 5.02. The van der Waals surface area contributed by atoms with Crippen molar-refractivity contribution < 1.29 is 13.2 Å². The number of benzene rings is 1. The van der Waals surface area contributed by atoms with Gasteiger partial charge in [0.05, 0.1) is 11.3 Å². The Balaban J connectivity index is 2.21. The number of alkyl halides is 3. The largest absolute Gasteiger partial charge is 0.411 e. The number of hydrogen-bond donors (Lipinski definition) is 2. The standard InChI is InChI=1S/C11H10F3N3/c12-11(13,14)10(3-4-10)17-8-2-1-7(6-15)9(16)5-8/h1-2,5,17H,3-4,16H2. The summed E-state index contributed by atoms with van der Waals surface area (Å²) in [4.78, 5) is 0. The highest BCUT2D eigenvalue weighted by Gasteiger charge is 2.63. The summed E-state index contributed by atoms with van der Waals surface area (Å²) in [7, 11) is 0. The molecule has 0 atom stereocenters. The first kappa shape index (κ1) is 11.6. The van der Waals surface area contributed by atoms with Gasteiger partial charge in [-0.1, -0.05) is 0 Å². The molecule has 1 saturated carbocycles. The van der Waals surface area contributed by atoms with Gasteiger partial charge in [0.25, 0.3) is 0 Å². The second kappa shape index (κ2) is 3.55. The maximum absolute atomic E-state index is 12.7. The van der Waals surface area contributed by atoms with E-state index in [0.29, 0.717) is 0 Å². The van der Waals surface area contributed by atoms with Crippen LogP contribution in [-0.4, -0.2) is 11.7 Å². The van der Waals surface area contributed by atoms with Crippen molar-refractivity contribution in [3.63, 3.8) is 0 Å². The van der Waals surface area contributed by atoms with Gasteiger partial charge in [-0.05, 0) is 31.0 Å². The van der Waals surface area contributed by atoms with E-state index in [1.54, 1.807) is 0 Å². The topological polar surface area (TPSA) is 61.8 Å². The number of nitrogens with zero attached hydrogens (tertiary/aromatic N) is 1. The summed E-state index contributed by atoms with van der Waals surface area (Å²) in [6.45, 7) is 0. The van der Waals surface area contributed by atoms with Crippen LogP contribution in [0.15, 0.2) is 18.2 Å². The first-order valence-corrected chi connectivity index (χ1v) is 5.02. The molecule has 6 heteroatoms. The Bertz CT molecular complexity index is 484. The Morgan fingerprint density at radius 2 is 2.00 bits per heavy atom. The van der Waals surface area contributed by atoms with Crippen molar-refractivity contribution >= 4 is 11.4 Å². The maximum atomic E-state index is 12.7. The normalized spacial score (nSPS) is 17.3. The lowest BCUT2D eigenvalue weighted by Crippen LogP contribution is -2.38. The van der Waals surface area contributed by atoms with Crippen LogP contribution in [0.1, 0.15) is 18.4 Å². The number of nitrogen functional groups attached to an aromatic ring is 1. The Labute approximate surface area is 96.0 Å². The Hall–Kier alpha value is -1.90. The zero-order chi connectivity index (χ0) is 12.7. The minimum Gasteiger partial charge on any atom is -0.398 e. The van der Waals surface area contributed by atoms with Gasteiger partial charge in [0, 0.05) is 5.69 Å². The average molecular weight is 241 g/mol. The number of nitrogens with two attached hydrogens (primary N) is 1. The highest BCUT2D eigenvalue weighted by atomic mass is 19.4.